The third-order valence-corrected chi connectivity index (χ3v) is 2.43. The molecule has 0 bridgehead atoms. The summed E-state index contributed by atoms with van der Waals surface area (Å²) < 4.78 is 0. The van der Waals surface area contributed by atoms with E-state index in [1.54, 1.807) is 12.1 Å². The van der Waals surface area contributed by atoms with Gasteiger partial charge in [0, 0.05) is 0 Å². The number of carbonyl (C=O) groups excluding carboxylic acids is 1. The van der Waals surface area contributed by atoms with Crippen LogP contribution in [0.3, 0.4) is 0 Å². The van der Waals surface area contributed by atoms with E-state index in [4.69, 9.17) is 11.6 Å². The number of hydrogen-bond acceptors (Lipinski definition) is 3. The first-order valence-corrected chi connectivity index (χ1v) is 5.06. The molecular formula is C10H9ClN4O. The van der Waals surface area contributed by atoms with Crippen molar-refractivity contribution in [1.29, 1.82) is 0 Å². The Kier molecular flexibility index (Phi) is 3.16. The van der Waals surface area contributed by atoms with Crippen molar-refractivity contribution in [3.05, 3.63) is 42.2 Å². The molecule has 0 saturated carbocycles. The average Bonchev–Trinajstić information content (AvgIpc) is 2.82. The molecule has 2 aromatic rings. The first kappa shape index (κ1) is 10.6. The van der Waals surface area contributed by atoms with E-state index in [1.807, 2.05) is 18.2 Å². The number of aromatic nitrogens is 3. The highest BCUT2D eigenvalue weighted by Crippen LogP contribution is 2.20. The molecule has 16 heavy (non-hydrogen) atoms. The summed E-state index contributed by atoms with van der Waals surface area (Å²) in [6.45, 7) is 0. The molecule has 82 valence electrons. The number of H-pyrrole nitrogens is 1. The molecule has 2 rings (SSSR count). The van der Waals surface area contributed by atoms with Gasteiger partial charge in [-0.25, -0.2) is 5.10 Å². The Morgan fingerprint density at radius 2 is 2.12 bits per heavy atom. The van der Waals surface area contributed by atoms with Crippen LogP contribution in [-0.2, 0) is 4.79 Å². The van der Waals surface area contributed by atoms with Gasteiger partial charge in [0.1, 0.15) is 11.7 Å². The number of hydrogen-bond donors (Lipinski definition) is 2. The molecule has 5 nitrogen and oxygen atoms in total. The maximum atomic E-state index is 11.7. The number of alkyl halides is 1. The van der Waals surface area contributed by atoms with Crippen molar-refractivity contribution >= 4 is 23.5 Å². The van der Waals surface area contributed by atoms with Crippen molar-refractivity contribution in [2.75, 3.05) is 5.32 Å². The van der Waals surface area contributed by atoms with Gasteiger partial charge < -0.3 is 0 Å². The van der Waals surface area contributed by atoms with E-state index >= 15 is 0 Å². The number of halogens is 1. The zero-order valence-corrected chi connectivity index (χ0v) is 8.98. The minimum Gasteiger partial charge on any atom is -0.293 e. The van der Waals surface area contributed by atoms with Crippen LogP contribution in [0.5, 0.6) is 0 Å². The van der Waals surface area contributed by atoms with Gasteiger partial charge in [0.15, 0.2) is 0 Å². The maximum absolute atomic E-state index is 11.7. The molecule has 1 atom stereocenters. The summed E-state index contributed by atoms with van der Waals surface area (Å²) in [6.07, 6.45) is 1.31. The highest BCUT2D eigenvalue weighted by atomic mass is 35.5. The number of rotatable bonds is 3. The van der Waals surface area contributed by atoms with Gasteiger partial charge in [0.05, 0.1) is 0 Å². The van der Waals surface area contributed by atoms with Gasteiger partial charge in [0.25, 0.3) is 0 Å². The number of amides is 1. The average molecular weight is 237 g/mol. The zero-order chi connectivity index (χ0) is 11.4. The van der Waals surface area contributed by atoms with Crippen LogP contribution in [0.15, 0.2) is 36.7 Å². The Bertz CT molecular complexity index is 457. The second-order valence-corrected chi connectivity index (χ2v) is 3.53. The van der Waals surface area contributed by atoms with E-state index in [0.29, 0.717) is 0 Å². The zero-order valence-electron chi connectivity index (χ0n) is 8.22. The number of nitrogens with zero attached hydrogens (tertiary/aromatic N) is 2. The predicted octanol–water partition coefficient (Wildman–Crippen LogP) is 1.72. The molecule has 2 N–H and O–H groups in total. The van der Waals surface area contributed by atoms with Gasteiger partial charge in [0.2, 0.25) is 11.9 Å². The van der Waals surface area contributed by atoms with Crippen molar-refractivity contribution < 1.29 is 4.79 Å². The Morgan fingerprint density at radius 3 is 2.75 bits per heavy atom. The quantitative estimate of drug-likeness (QED) is 0.798. The smallest absolute Gasteiger partial charge is 0.249 e. The summed E-state index contributed by atoms with van der Waals surface area (Å²) in [6, 6.07) is 9.09. The molecule has 1 amide bonds. The lowest BCUT2D eigenvalue weighted by molar-refractivity contribution is -0.116. The largest absolute Gasteiger partial charge is 0.293 e. The lowest BCUT2D eigenvalue weighted by atomic mass is 10.1. The van der Waals surface area contributed by atoms with Crippen LogP contribution in [0.1, 0.15) is 10.9 Å². The van der Waals surface area contributed by atoms with Crippen LogP contribution in [0.25, 0.3) is 0 Å². The van der Waals surface area contributed by atoms with E-state index in [0.717, 1.165) is 5.56 Å². The third kappa shape index (κ3) is 2.38. The third-order valence-electron chi connectivity index (χ3n) is 1.98. The van der Waals surface area contributed by atoms with Gasteiger partial charge in [-0.2, -0.15) is 10.1 Å². The summed E-state index contributed by atoms with van der Waals surface area (Å²) >= 11 is 6.00. The summed E-state index contributed by atoms with van der Waals surface area (Å²) in [5.74, 6) is -0.0591. The molecule has 0 aliphatic rings. The Hall–Kier alpha value is -1.88. The number of anilines is 1. The molecule has 0 aliphatic carbocycles. The Morgan fingerprint density at radius 1 is 1.38 bits per heavy atom. The number of benzene rings is 1. The SMILES string of the molecule is O=C(Nc1ncn[nH]1)C(Cl)c1ccccc1. The fourth-order valence-corrected chi connectivity index (χ4v) is 1.42. The van der Waals surface area contributed by atoms with Crippen LogP contribution in [0, 0.1) is 0 Å². The monoisotopic (exact) mass is 236 g/mol. The first-order chi connectivity index (χ1) is 7.77. The number of nitrogens with one attached hydrogen (secondary N) is 2. The minimum atomic E-state index is -0.744. The number of aromatic amines is 1. The molecular weight excluding hydrogens is 228 g/mol. The molecule has 1 unspecified atom stereocenters. The summed E-state index contributed by atoms with van der Waals surface area (Å²) in [4.78, 5) is 15.5. The molecule has 0 radical (unpaired) electrons. The Balaban J connectivity index is 2.05. The Labute approximate surface area is 96.8 Å². The van der Waals surface area contributed by atoms with E-state index in [2.05, 4.69) is 20.5 Å². The molecule has 6 heteroatoms. The predicted molar refractivity (Wildman–Crippen MR) is 60.0 cm³/mol. The normalized spacial score (nSPS) is 12.1. The van der Waals surface area contributed by atoms with E-state index in [9.17, 15) is 4.79 Å². The van der Waals surface area contributed by atoms with E-state index in [-0.39, 0.29) is 11.9 Å². The molecule has 0 aliphatic heterocycles. The highest BCUT2D eigenvalue weighted by molar-refractivity contribution is 6.32. The van der Waals surface area contributed by atoms with Gasteiger partial charge in [-0.05, 0) is 5.56 Å². The van der Waals surface area contributed by atoms with Crippen LogP contribution in [0.2, 0.25) is 0 Å². The van der Waals surface area contributed by atoms with Crippen molar-refractivity contribution in [3.63, 3.8) is 0 Å². The van der Waals surface area contributed by atoms with Gasteiger partial charge >= 0.3 is 0 Å². The lowest BCUT2D eigenvalue weighted by Crippen LogP contribution is -2.18. The molecule has 1 aromatic heterocycles. The van der Waals surface area contributed by atoms with Gasteiger partial charge in [-0.3, -0.25) is 10.1 Å². The van der Waals surface area contributed by atoms with Crippen molar-refractivity contribution in [3.8, 4) is 0 Å². The van der Waals surface area contributed by atoms with Crippen LogP contribution >= 0.6 is 11.6 Å². The second kappa shape index (κ2) is 4.76. The topological polar surface area (TPSA) is 70.7 Å². The second-order valence-electron chi connectivity index (χ2n) is 3.10. The molecule has 0 spiro atoms. The minimum absolute atomic E-state index is 0.284. The van der Waals surface area contributed by atoms with E-state index in [1.165, 1.54) is 6.33 Å². The van der Waals surface area contributed by atoms with Crippen LogP contribution < -0.4 is 5.32 Å². The summed E-state index contributed by atoms with van der Waals surface area (Å²) in [7, 11) is 0. The van der Waals surface area contributed by atoms with Crippen molar-refractivity contribution in [1.82, 2.24) is 15.2 Å². The van der Waals surface area contributed by atoms with Crippen LogP contribution in [0.4, 0.5) is 5.95 Å². The van der Waals surface area contributed by atoms with Gasteiger partial charge in [-0.15, -0.1) is 11.6 Å². The molecule has 1 aromatic carbocycles. The van der Waals surface area contributed by atoms with Crippen molar-refractivity contribution in [2.24, 2.45) is 0 Å². The fourth-order valence-electron chi connectivity index (χ4n) is 1.22. The molecule has 1 heterocycles. The maximum Gasteiger partial charge on any atom is 0.249 e. The molecule has 0 saturated heterocycles. The summed E-state index contributed by atoms with van der Waals surface area (Å²) in [5, 5.41) is 7.91. The highest BCUT2D eigenvalue weighted by Gasteiger charge is 2.17. The first-order valence-electron chi connectivity index (χ1n) is 4.62. The van der Waals surface area contributed by atoms with Gasteiger partial charge in [-0.1, -0.05) is 30.3 Å². The lowest BCUT2D eigenvalue weighted by Gasteiger charge is -2.08. The fraction of sp³-hybridized carbons (Fsp3) is 0.100. The molecule has 0 fully saturated rings. The van der Waals surface area contributed by atoms with Crippen LogP contribution in [-0.4, -0.2) is 21.1 Å². The number of carbonyl (C=O) groups is 1. The van der Waals surface area contributed by atoms with E-state index < -0.39 is 5.38 Å². The standard InChI is InChI=1S/C10H9ClN4O/c11-8(7-4-2-1-3-5-7)9(16)14-10-12-6-13-15-10/h1-6,8H,(H2,12,13,14,15,16). The summed E-state index contributed by atoms with van der Waals surface area (Å²) in [5.41, 5.74) is 0.737. The van der Waals surface area contributed by atoms with Crippen molar-refractivity contribution in [2.45, 2.75) is 5.38 Å².